The van der Waals surface area contributed by atoms with Crippen LogP contribution in [0.2, 0.25) is 0 Å². The maximum atomic E-state index is 11.0. The first-order valence-corrected chi connectivity index (χ1v) is 12.8. The number of esters is 1. The molecule has 6 nitrogen and oxygen atoms in total. The van der Waals surface area contributed by atoms with Crippen LogP contribution in [0.4, 0.5) is 0 Å². The highest BCUT2D eigenvalue weighted by Gasteiger charge is 2.13. The molecule has 0 atom stereocenters. The van der Waals surface area contributed by atoms with Gasteiger partial charge in [0.05, 0.1) is 17.8 Å². The Morgan fingerprint density at radius 3 is 2.50 bits per heavy atom. The van der Waals surface area contributed by atoms with Crippen molar-refractivity contribution < 1.29 is 19.0 Å². The molecule has 0 saturated heterocycles. The molecule has 1 heterocycles. The average Bonchev–Trinajstić information content (AvgIpc) is 2.91. The minimum absolute atomic E-state index is 0.181. The van der Waals surface area contributed by atoms with Crippen LogP contribution < -0.4 is 9.47 Å². The van der Waals surface area contributed by atoms with Gasteiger partial charge >= 0.3 is 5.97 Å². The van der Waals surface area contributed by atoms with E-state index in [0.717, 1.165) is 27.7 Å². The average molecular weight is 527 g/mol. The van der Waals surface area contributed by atoms with E-state index in [9.17, 15) is 4.79 Å². The zero-order chi connectivity index (χ0) is 27.1. The molecule has 38 heavy (non-hydrogen) atoms. The predicted octanol–water partition coefficient (Wildman–Crippen LogP) is 6.56. The van der Waals surface area contributed by atoms with Crippen molar-refractivity contribution in [2.45, 2.75) is 33.2 Å². The largest absolute Gasteiger partial charge is 0.490 e. The Hall–Kier alpha value is -4.15. The molecule has 0 N–H and O–H groups in total. The first-order valence-electron chi connectivity index (χ1n) is 12.4. The third kappa shape index (κ3) is 6.58. The van der Waals surface area contributed by atoms with Crippen LogP contribution in [0.15, 0.2) is 66.7 Å². The van der Waals surface area contributed by atoms with Crippen LogP contribution in [0.1, 0.15) is 37.8 Å². The Kier molecular flexibility index (Phi) is 8.77. The molecule has 0 aliphatic heterocycles. The van der Waals surface area contributed by atoms with E-state index >= 15 is 0 Å². The highest BCUT2D eigenvalue weighted by molar-refractivity contribution is 7.71. The van der Waals surface area contributed by atoms with Gasteiger partial charge in [-0.2, -0.15) is 0 Å². The zero-order valence-corrected chi connectivity index (χ0v) is 22.6. The molecule has 0 bridgehead atoms. The topological polar surface area (TPSA) is 62.6 Å². The van der Waals surface area contributed by atoms with Gasteiger partial charge in [-0.15, -0.1) is 6.42 Å². The summed E-state index contributed by atoms with van der Waals surface area (Å²) in [5.41, 5.74) is 4.97. The molecule has 1 aromatic heterocycles. The minimum Gasteiger partial charge on any atom is -0.490 e. The van der Waals surface area contributed by atoms with E-state index in [4.69, 9.17) is 37.8 Å². The van der Waals surface area contributed by atoms with Crippen LogP contribution in [0.3, 0.4) is 0 Å². The minimum atomic E-state index is -0.330. The molecule has 3 aromatic carbocycles. The van der Waals surface area contributed by atoms with Gasteiger partial charge in [0.15, 0.2) is 0 Å². The van der Waals surface area contributed by atoms with Crippen molar-refractivity contribution in [2.75, 3.05) is 19.8 Å². The molecular weight excluding hydrogens is 496 g/mol. The summed E-state index contributed by atoms with van der Waals surface area (Å²) >= 11 is 5.79. The second-order valence-electron chi connectivity index (χ2n) is 9.11. The highest BCUT2D eigenvalue weighted by atomic mass is 32.1. The Bertz CT molecular complexity index is 1530. The van der Waals surface area contributed by atoms with Crippen LogP contribution >= 0.6 is 12.2 Å². The lowest BCUT2D eigenvalue weighted by atomic mass is 9.99. The van der Waals surface area contributed by atoms with E-state index in [1.54, 1.807) is 0 Å². The molecule has 0 fully saturated rings. The molecule has 0 amide bonds. The summed E-state index contributed by atoms with van der Waals surface area (Å²) in [5, 5.41) is 0.916. The summed E-state index contributed by atoms with van der Waals surface area (Å²) in [4.78, 5) is 15.8. The van der Waals surface area contributed by atoms with Gasteiger partial charge in [0, 0.05) is 17.9 Å². The van der Waals surface area contributed by atoms with Gasteiger partial charge in [0.1, 0.15) is 31.3 Å². The van der Waals surface area contributed by atoms with Gasteiger partial charge in [0.25, 0.3) is 0 Å². The summed E-state index contributed by atoms with van der Waals surface area (Å²) in [6.45, 7) is 6.87. The Morgan fingerprint density at radius 2 is 1.79 bits per heavy atom. The van der Waals surface area contributed by atoms with Crippen LogP contribution in [0.25, 0.3) is 22.2 Å². The third-order valence-corrected chi connectivity index (χ3v) is 6.33. The lowest BCUT2D eigenvalue weighted by Gasteiger charge is -2.16. The summed E-state index contributed by atoms with van der Waals surface area (Å²) in [5.74, 6) is 3.98. The Morgan fingerprint density at radius 1 is 1.03 bits per heavy atom. The standard InChI is InChI=1S/C31H30N2O4S/c1-5-15-36-27-13-14-29-28(19-27)30(25-11-9-24(10-12-25)21(2)3)32-31(38)33(29)20-23-7-6-8-26(18-23)37-17-16-35-22(4)34/h1,6-14,18-19,21H,15-17,20H2,2-4H3. The number of nitrogens with zero attached hydrogens (tertiary/aromatic N) is 2. The molecular formula is C31H30N2O4S. The number of carbonyl (C=O) groups excluding carboxylic acids is 1. The third-order valence-electron chi connectivity index (χ3n) is 6.02. The SMILES string of the molecule is C#CCOc1ccc2c(c1)c(-c1ccc(C(C)C)cc1)nc(=S)n2Cc1cccc(OCCOC(C)=O)c1. The summed E-state index contributed by atoms with van der Waals surface area (Å²) < 4.78 is 18.9. The fourth-order valence-electron chi connectivity index (χ4n) is 4.13. The molecule has 4 aromatic rings. The van der Waals surface area contributed by atoms with Gasteiger partial charge in [-0.1, -0.05) is 56.2 Å². The number of fused-ring (bicyclic) bond motifs is 1. The van der Waals surface area contributed by atoms with Gasteiger partial charge in [-0.3, -0.25) is 4.79 Å². The molecule has 0 radical (unpaired) electrons. The zero-order valence-electron chi connectivity index (χ0n) is 21.8. The fraction of sp³-hybridized carbons (Fsp3) is 0.258. The maximum Gasteiger partial charge on any atom is 0.302 e. The molecule has 7 heteroatoms. The number of ether oxygens (including phenoxy) is 3. The van der Waals surface area contributed by atoms with E-state index in [2.05, 4.69) is 44.0 Å². The Balaban J connectivity index is 1.72. The van der Waals surface area contributed by atoms with Crippen LogP contribution in [0, 0.1) is 17.1 Å². The number of hydrogen-bond acceptors (Lipinski definition) is 6. The molecule has 4 rings (SSSR count). The molecule has 0 aliphatic rings. The van der Waals surface area contributed by atoms with E-state index < -0.39 is 0 Å². The van der Waals surface area contributed by atoms with Gasteiger partial charge < -0.3 is 18.8 Å². The van der Waals surface area contributed by atoms with Crippen LogP contribution in [0.5, 0.6) is 11.5 Å². The lowest BCUT2D eigenvalue weighted by molar-refractivity contribution is -0.141. The van der Waals surface area contributed by atoms with Crippen molar-refractivity contribution in [3.8, 4) is 35.1 Å². The number of benzene rings is 3. The Labute approximate surface area is 228 Å². The van der Waals surface area contributed by atoms with Gasteiger partial charge in [0.2, 0.25) is 4.77 Å². The van der Waals surface area contributed by atoms with Crippen molar-refractivity contribution in [1.29, 1.82) is 0 Å². The van der Waals surface area contributed by atoms with E-state index in [1.165, 1.54) is 12.5 Å². The number of hydrogen-bond donors (Lipinski definition) is 0. The first-order chi connectivity index (χ1) is 18.4. The normalized spacial score (nSPS) is 10.8. The number of carbonyl (C=O) groups is 1. The quantitative estimate of drug-likeness (QED) is 0.101. The van der Waals surface area contributed by atoms with E-state index in [0.29, 0.717) is 28.7 Å². The van der Waals surface area contributed by atoms with Crippen molar-refractivity contribution in [2.24, 2.45) is 0 Å². The lowest BCUT2D eigenvalue weighted by Crippen LogP contribution is -2.10. The molecule has 194 valence electrons. The summed E-state index contributed by atoms with van der Waals surface area (Å²) in [7, 11) is 0. The summed E-state index contributed by atoms with van der Waals surface area (Å²) in [6.07, 6.45) is 5.40. The van der Waals surface area contributed by atoms with Crippen molar-refractivity contribution in [1.82, 2.24) is 9.55 Å². The van der Waals surface area contributed by atoms with E-state index in [-0.39, 0.29) is 25.8 Å². The summed E-state index contributed by atoms with van der Waals surface area (Å²) in [6, 6.07) is 22.0. The van der Waals surface area contributed by atoms with Gasteiger partial charge in [-0.25, -0.2) is 4.98 Å². The van der Waals surface area contributed by atoms with Crippen molar-refractivity contribution >= 4 is 29.1 Å². The van der Waals surface area contributed by atoms with Crippen molar-refractivity contribution in [3.63, 3.8) is 0 Å². The number of rotatable bonds is 10. The molecule has 0 saturated carbocycles. The molecule has 0 aliphatic carbocycles. The second kappa shape index (κ2) is 12.4. The van der Waals surface area contributed by atoms with Crippen LogP contribution in [-0.2, 0) is 16.1 Å². The van der Waals surface area contributed by atoms with Crippen LogP contribution in [-0.4, -0.2) is 35.3 Å². The van der Waals surface area contributed by atoms with Gasteiger partial charge in [-0.05, 0) is 59.6 Å². The second-order valence-corrected chi connectivity index (χ2v) is 9.48. The number of aromatic nitrogens is 2. The molecule has 0 spiro atoms. The predicted molar refractivity (Wildman–Crippen MR) is 152 cm³/mol. The highest BCUT2D eigenvalue weighted by Crippen LogP contribution is 2.31. The number of terminal acetylenes is 1. The van der Waals surface area contributed by atoms with Crippen molar-refractivity contribution in [3.05, 3.63) is 82.6 Å². The monoisotopic (exact) mass is 526 g/mol. The molecule has 0 unspecified atom stereocenters. The smallest absolute Gasteiger partial charge is 0.302 e. The van der Waals surface area contributed by atoms with E-state index in [1.807, 2.05) is 47.0 Å². The maximum absolute atomic E-state index is 11.0. The fourth-order valence-corrected chi connectivity index (χ4v) is 4.39. The first kappa shape index (κ1) is 26.9.